The first-order valence-corrected chi connectivity index (χ1v) is 7.52. The van der Waals surface area contributed by atoms with Crippen LogP contribution in [0.4, 0.5) is 0 Å². The van der Waals surface area contributed by atoms with Gasteiger partial charge >= 0.3 is 11.9 Å². The molecule has 3 aromatic rings. The SMILES string of the molecule is COc1ccc(-c2nc3ccccc3c(C(=O)O)c2CC(=O)O)cc1. The summed E-state index contributed by atoms with van der Waals surface area (Å²) in [6.45, 7) is 0. The quantitative estimate of drug-likeness (QED) is 0.742. The summed E-state index contributed by atoms with van der Waals surface area (Å²) in [6.07, 6.45) is -0.430. The van der Waals surface area contributed by atoms with Crippen LogP contribution in [-0.2, 0) is 11.2 Å². The molecular weight excluding hydrogens is 322 g/mol. The Hall–Kier alpha value is -3.41. The fourth-order valence-corrected chi connectivity index (χ4v) is 2.81. The molecule has 6 nitrogen and oxygen atoms in total. The van der Waals surface area contributed by atoms with E-state index in [9.17, 15) is 19.8 Å². The Bertz CT molecular complexity index is 963. The standard InChI is InChI=1S/C19H15NO5/c1-25-12-8-6-11(7-9-12)18-14(10-16(21)22)17(19(23)24)13-4-2-3-5-15(13)20-18/h2-9H,10H2,1H3,(H,21,22)(H,23,24). The number of nitrogens with zero attached hydrogens (tertiary/aromatic N) is 1. The predicted molar refractivity (Wildman–Crippen MR) is 92.0 cm³/mol. The Morgan fingerprint density at radius 2 is 1.72 bits per heavy atom. The van der Waals surface area contributed by atoms with Crippen molar-refractivity contribution < 1.29 is 24.5 Å². The summed E-state index contributed by atoms with van der Waals surface area (Å²) in [7, 11) is 1.54. The van der Waals surface area contributed by atoms with E-state index in [4.69, 9.17) is 4.74 Å². The number of aromatic carboxylic acids is 1. The van der Waals surface area contributed by atoms with E-state index in [1.54, 1.807) is 55.6 Å². The molecule has 0 aliphatic rings. The third-order valence-corrected chi connectivity index (χ3v) is 3.90. The Kier molecular flexibility index (Phi) is 4.35. The van der Waals surface area contributed by atoms with Gasteiger partial charge in [0, 0.05) is 16.5 Å². The first-order chi connectivity index (χ1) is 12.0. The molecule has 0 unspecified atom stereocenters. The highest BCUT2D eigenvalue weighted by Gasteiger charge is 2.22. The molecule has 0 atom stereocenters. The van der Waals surface area contributed by atoms with Crippen LogP contribution >= 0.6 is 0 Å². The van der Waals surface area contributed by atoms with Gasteiger partial charge in [0.05, 0.1) is 30.3 Å². The molecule has 1 heterocycles. The number of rotatable bonds is 5. The largest absolute Gasteiger partial charge is 0.497 e. The first kappa shape index (κ1) is 16.4. The molecule has 0 saturated heterocycles. The monoisotopic (exact) mass is 337 g/mol. The normalized spacial score (nSPS) is 10.6. The van der Waals surface area contributed by atoms with Crippen molar-refractivity contribution in [3.63, 3.8) is 0 Å². The van der Waals surface area contributed by atoms with Crippen LogP contribution in [0.2, 0.25) is 0 Å². The van der Waals surface area contributed by atoms with Crippen LogP contribution in [0.25, 0.3) is 22.2 Å². The van der Waals surface area contributed by atoms with Gasteiger partial charge in [0.2, 0.25) is 0 Å². The second kappa shape index (κ2) is 6.60. The number of carboxylic acids is 2. The molecule has 0 radical (unpaired) electrons. The van der Waals surface area contributed by atoms with Gasteiger partial charge in [-0.2, -0.15) is 0 Å². The van der Waals surface area contributed by atoms with E-state index in [0.717, 1.165) is 0 Å². The summed E-state index contributed by atoms with van der Waals surface area (Å²) >= 11 is 0. The topological polar surface area (TPSA) is 96.7 Å². The maximum atomic E-state index is 11.9. The number of aromatic nitrogens is 1. The van der Waals surface area contributed by atoms with Gasteiger partial charge in [-0.1, -0.05) is 18.2 Å². The van der Waals surface area contributed by atoms with Gasteiger partial charge in [0.1, 0.15) is 5.75 Å². The van der Waals surface area contributed by atoms with E-state index in [-0.39, 0.29) is 11.1 Å². The highest BCUT2D eigenvalue weighted by atomic mass is 16.5. The molecule has 0 aliphatic heterocycles. The summed E-state index contributed by atoms with van der Waals surface area (Å²) in [5, 5.41) is 19.4. The zero-order valence-electron chi connectivity index (χ0n) is 13.4. The molecule has 0 amide bonds. The van der Waals surface area contributed by atoms with Gasteiger partial charge in [-0.15, -0.1) is 0 Å². The van der Waals surface area contributed by atoms with Crippen molar-refractivity contribution >= 4 is 22.8 Å². The highest BCUT2D eigenvalue weighted by molar-refractivity contribution is 6.06. The number of ether oxygens (including phenoxy) is 1. The van der Waals surface area contributed by atoms with Gasteiger partial charge in [-0.3, -0.25) is 4.79 Å². The molecule has 2 N–H and O–H groups in total. The third kappa shape index (κ3) is 3.14. The van der Waals surface area contributed by atoms with Gasteiger partial charge in [0.15, 0.2) is 0 Å². The maximum Gasteiger partial charge on any atom is 0.336 e. The first-order valence-electron chi connectivity index (χ1n) is 7.52. The van der Waals surface area contributed by atoms with Crippen molar-refractivity contribution in [3.05, 3.63) is 59.7 Å². The van der Waals surface area contributed by atoms with Crippen molar-refractivity contribution in [1.82, 2.24) is 4.98 Å². The second-order valence-corrected chi connectivity index (χ2v) is 5.44. The van der Waals surface area contributed by atoms with Crippen LogP contribution in [0.5, 0.6) is 5.75 Å². The van der Waals surface area contributed by atoms with Gasteiger partial charge in [0.25, 0.3) is 0 Å². The fourth-order valence-electron chi connectivity index (χ4n) is 2.81. The van der Waals surface area contributed by atoms with E-state index >= 15 is 0 Å². The smallest absolute Gasteiger partial charge is 0.336 e. The lowest BCUT2D eigenvalue weighted by atomic mass is 9.94. The van der Waals surface area contributed by atoms with Crippen molar-refractivity contribution in [3.8, 4) is 17.0 Å². The number of carbonyl (C=O) groups is 2. The zero-order chi connectivity index (χ0) is 18.0. The number of fused-ring (bicyclic) bond motifs is 1. The summed E-state index contributed by atoms with van der Waals surface area (Å²) in [5.74, 6) is -1.65. The molecule has 0 fully saturated rings. The van der Waals surface area contributed by atoms with Gasteiger partial charge < -0.3 is 14.9 Å². The minimum Gasteiger partial charge on any atom is -0.497 e. The van der Waals surface area contributed by atoms with Crippen molar-refractivity contribution in [2.75, 3.05) is 7.11 Å². The molecular formula is C19H15NO5. The Morgan fingerprint density at radius 3 is 2.32 bits per heavy atom. The average molecular weight is 337 g/mol. The lowest BCUT2D eigenvalue weighted by molar-refractivity contribution is -0.136. The number of aliphatic carboxylic acids is 1. The summed E-state index contributed by atoms with van der Waals surface area (Å²) < 4.78 is 5.12. The lowest BCUT2D eigenvalue weighted by Crippen LogP contribution is -2.12. The van der Waals surface area contributed by atoms with Crippen LogP contribution in [0.3, 0.4) is 0 Å². The van der Waals surface area contributed by atoms with Gasteiger partial charge in [-0.05, 0) is 30.3 Å². The minimum absolute atomic E-state index is 0.0289. The zero-order valence-corrected chi connectivity index (χ0v) is 13.4. The minimum atomic E-state index is -1.18. The van der Waals surface area contributed by atoms with Crippen LogP contribution in [0.1, 0.15) is 15.9 Å². The molecule has 126 valence electrons. The van der Waals surface area contributed by atoms with Gasteiger partial charge in [-0.25, -0.2) is 9.78 Å². The number of carboxylic acid groups (broad SMARTS) is 2. The molecule has 0 spiro atoms. The average Bonchev–Trinajstić information content (AvgIpc) is 2.60. The van der Waals surface area contributed by atoms with Crippen molar-refractivity contribution in [2.45, 2.75) is 6.42 Å². The summed E-state index contributed by atoms with van der Waals surface area (Å²) in [5.41, 5.74) is 1.63. The third-order valence-electron chi connectivity index (χ3n) is 3.90. The molecule has 25 heavy (non-hydrogen) atoms. The Labute approximate surface area is 143 Å². The number of hydrogen-bond donors (Lipinski definition) is 2. The molecule has 6 heteroatoms. The van der Waals surface area contributed by atoms with Crippen molar-refractivity contribution in [1.29, 1.82) is 0 Å². The number of methoxy groups -OCH3 is 1. The van der Waals surface area contributed by atoms with Crippen LogP contribution < -0.4 is 4.74 Å². The predicted octanol–water partition coefficient (Wildman–Crippen LogP) is 3.24. The number of para-hydroxylation sites is 1. The molecule has 0 bridgehead atoms. The van der Waals surface area contributed by atoms with E-state index in [1.165, 1.54) is 0 Å². The number of hydrogen-bond acceptors (Lipinski definition) is 4. The molecule has 0 saturated carbocycles. The molecule has 3 rings (SSSR count). The summed E-state index contributed by atoms with van der Waals surface area (Å²) in [6, 6.07) is 13.7. The number of pyridine rings is 1. The fraction of sp³-hybridized carbons (Fsp3) is 0.105. The molecule has 2 aromatic carbocycles. The summed E-state index contributed by atoms with van der Waals surface area (Å²) in [4.78, 5) is 27.7. The Morgan fingerprint density at radius 1 is 1.04 bits per heavy atom. The van der Waals surface area contributed by atoms with Crippen LogP contribution in [-0.4, -0.2) is 34.2 Å². The Balaban J connectivity index is 2.35. The maximum absolute atomic E-state index is 11.9. The van der Waals surface area contributed by atoms with Crippen LogP contribution in [0.15, 0.2) is 48.5 Å². The van der Waals surface area contributed by atoms with E-state index in [2.05, 4.69) is 4.98 Å². The van der Waals surface area contributed by atoms with E-state index < -0.39 is 18.4 Å². The van der Waals surface area contributed by atoms with E-state index in [0.29, 0.717) is 27.9 Å². The number of benzene rings is 2. The highest BCUT2D eigenvalue weighted by Crippen LogP contribution is 2.31. The molecule has 0 aliphatic carbocycles. The van der Waals surface area contributed by atoms with Crippen LogP contribution in [0, 0.1) is 0 Å². The second-order valence-electron chi connectivity index (χ2n) is 5.44. The molecule has 1 aromatic heterocycles. The van der Waals surface area contributed by atoms with E-state index in [1.807, 2.05) is 0 Å². The lowest BCUT2D eigenvalue weighted by Gasteiger charge is -2.14. The van der Waals surface area contributed by atoms with Crippen molar-refractivity contribution in [2.24, 2.45) is 0 Å².